The first-order valence-corrected chi connectivity index (χ1v) is 13.3. The van der Waals surface area contributed by atoms with E-state index in [2.05, 4.69) is 27.5 Å². The van der Waals surface area contributed by atoms with E-state index in [9.17, 15) is 14.4 Å². The first kappa shape index (κ1) is 25.4. The van der Waals surface area contributed by atoms with Gasteiger partial charge in [0.05, 0.1) is 13.0 Å². The zero-order valence-corrected chi connectivity index (χ0v) is 21.0. The molecule has 10 heteroatoms. The van der Waals surface area contributed by atoms with Crippen molar-refractivity contribution in [2.24, 2.45) is 10.9 Å². The highest BCUT2D eigenvalue weighted by molar-refractivity contribution is 8.14. The van der Waals surface area contributed by atoms with Crippen molar-refractivity contribution in [2.45, 2.75) is 77.6 Å². The number of hydrogen-bond donors (Lipinski definition) is 2. The summed E-state index contributed by atoms with van der Waals surface area (Å²) in [5.41, 5.74) is 0.712. The number of amides is 2. The fourth-order valence-electron chi connectivity index (χ4n) is 3.45. The molecule has 4 bridgehead atoms. The minimum atomic E-state index is -0.820. The Morgan fingerprint density at radius 1 is 1.27 bits per heavy atom. The molecule has 0 saturated heterocycles. The van der Waals surface area contributed by atoms with Crippen LogP contribution >= 0.6 is 23.1 Å². The number of aromatic nitrogens is 1. The van der Waals surface area contributed by atoms with Crippen LogP contribution in [-0.2, 0) is 25.7 Å². The van der Waals surface area contributed by atoms with Crippen molar-refractivity contribution in [2.75, 3.05) is 5.75 Å². The molecule has 0 spiro atoms. The number of fused-ring (bicyclic) bond motifs is 4. The maximum Gasteiger partial charge on any atom is 0.329 e. The standard InChI is InChI=1S/C23H32N4O4S2/c1-4-5-6-7-8-9-15-10-18(28)24-11-19-25-17(13-32-19)22-26-16(12-33-22)21(29)27-20(14(2)3)23(30)31-15/h8-9,13-16,20H,4-7,10-12H2,1-3H3,(H,24,28)(H,27,29)/b9-8+/t15?,16-,20-/m0/s1. The lowest BCUT2D eigenvalue weighted by molar-refractivity contribution is -0.153. The maximum atomic E-state index is 13.0. The molecule has 2 amide bonds. The predicted octanol–water partition coefficient (Wildman–Crippen LogP) is 3.21. The number of hydrogen-bond acceptors (Lipinski definition) is 8. The Bertz CT molecular complexity index is 912. The van der Waals surface area contributed by atoms with Crippen LogP contribution in [0.1, 0.15) is 63.6 Å². The molecule has 2 aliphatic heterocycles. The van der Waals surface area contributed by atoms with Crippen molar-refractivity contribution in [1.29, 1.82) is 0 Å². The Balaban J connectivity index is 1.81. The molecule has 33 heavy (non-hydrogen) atoms. The molecule has 3 heterocycles. The van der Waals surface area contributed by atoms with Crippen LogP contribution in [0.15, 0.2) is 22.5 Å². The van der Waals surface area contributed by atoms with Gasteiger partial charge >= 0.3 is 5.97 Å². The topological polar surface area (TPSA) is 110 Å². The van der Waals surface area contributed by atoms with E-state index in [1.165, 1.54) is 23.1 Å². The lowest BCUT2D eigenvalue weighted by atomic mass is 10.0. The summed E-state index contributed by atoms with van der Waals surface area (Å²) in [5.74, 6) is -0.762. The van der Waals surface area contributed by atoms with Gasteiger partial charge in [-0.1, -0.05) is 39.7 Å². The number of unbranched alkanes of at least 4 members (excludes halogenated alkanes) is 3. The number of allylic oxidation sites excluding steroid dienone is 1. The van der Waals surface area contributed by atoms with Crippen molar-refractivity contribution in [3.05, 3.63) is 28.2 Å². The molecular weight excluding hydrogens is 460 g/mol. The van der Waals surface area contributed by atoms with E-state index in [1.54, 1.807) is 6.08 Å². The van der Waals surface area contributed by atoms with Crippen molar-refractivity contribution in [1.82, 2.24) is 15.6 Å². The average molecular weight is 493 g/mol. The maximum absolute atomic E-state index is 13.0. The Morgan fingerprint density at radius 3 is 2.85 bits per heavy atom. The van der Waals surface area contributed by atoms with Gasteiger partial charge < -0.3 is 15.4 Å². The Kier molecular flexibility index (Phi) is 9.49. The molecule has 0 fully saturated rings. The Hall–Kier alpha value is -2.20. The largest absolute Gasteiger partial charge is 0.456 e. The van der Waals surface area contributed by atoms with E-state index in [4.69, 9.17) is 4.74 Å². The van der Waals surface area contributed by atoms with E-state index in [0.717, 1.165) is 30.7 Å². The summed E-state index contributed by atoms with van der Waals surface area (Å²) in [7, 11) is 0. The predicted molar refractivity (Wildman–Crippen MR) is 131 cm³/mol. The van der Waals surface area contributed by atoms with Gasteiger partial charge in [0.1, 0.15) is 33.9 Å². The SMILES string of the molecule is CCCCC/C=C/C1CC(=O)NCc2nc(cs2)C2=N[C@@H](CS2)C(=O)N[C@@H](C(C)C)C(=O)O1. The van der Waals surface area contributed by atoms with E-state index >= 15 is 0 Å². The Morgan fingerprint density at radius 2 is 2.09 bits per heavy atom. The fourth-order valence-corrected chi connectivity index (χ4v) is 5.24. The molecule has 0 aromatic carbocycles. The molecule has 3 atom stereocenters. The third-order valence-corrected chi connectivity index (χ3v) is 7.28. The summed E-state index contributed by atoms with van der Waals surface area (Å²) in [4.78, 5) is 47.5. The quantitative estimate of drug-likeness (QED) is 0.359. The van der Waals surface area contributed by atoms with E-state index in [-0.39, 0.29) is 24.2 Å². The number of nitrogens with zero attached hydrogens (tertiary/aromatic N) is 2. The highest BCUT2D eigenvalue weighted by Crippen LogP contribution is 2.25. The van der Waals surface area contributed by atoms with E-state index in [0.29, 0.717) is 23.0 Å². The van der Waals surface area contributed by atoms with Gasteiger partial charge in [0.25, 0.3) is 0 Å². The van der Waals surface area contributed by atoms with Gasteiger partial charge in [-0.2, -0.15) is 0 Å². The van der Waals surface area contributed by atoms with Crippen molar-refractivity contribution < 1.29 is 19.1 Å². The summed E-state index contributed by atoms with van der Waals surface area (Å²) in [6, 6.07) is -1.40. The van der Waals surface area contributed by atoms with Gasteiger partial charge in [-0.05, 0) is 24.8 Å². The van der Waals surface area contributed by atoms with Crippen LogP contribution in [0.25, 0.3) is 0 Å². The number of aliphatic imine (C=N–C) groups is 1. The molecule has 180 valence electrons. The number of rotatable bonds is 6. The van der Waals surface area contributed by atoms with E-state index in [1.807, 2.05) is 25.3 Å². The van der Waals surface area contributed by atoms with Crippen molar-refractivity contribution in [3.63, 3.8) is 0 Å². The van der Waals surface area contributed by atoms with Crippen LogP contribution in [0, 0.1) is 5.92 Å². The van der Waals surface area contributed by atoms with Gasteiger partial charge in [-0.3, -0.25) is 14.6 Å². The van der Waals surface area contributed by atoms with Gasteiger partial charge in [0, 0.05) is 11.1 Å². The summed E-state index contributed by atoms with van der Waals surface area (Å²) in [5, 5.41) is 9.02. The number of carbonyl (C=O) groups excluding carboxylic acids is 3. The second-order valence-corrected chi connectivity index (χ2v) is 10.4. The molecule has 2 N–H and O–H groups in total. The van der Waals surface area contributed by atoms with Crippen LogP contribution in [0.5, 0.6) is 0 Å². The lowest BCUT2D eigenvalue weighted by Gasteiger charge is -2.24. The molecule has 0 aliphatic carbocycles. The highest BCUT2D eigenvalue weighted by Gasteiger charge is 2.33. The minimum absolute atomic E-state index is 0.0121. The van der Waals surface area contributed by atoms with Crippen LogP contribution < -0.4 is 10.6 Å². The number of cyclic esters (lactones) is 1. The molecule has 1 aromatic heterocycles. The van der Waals surface area contributed by atoms with Crippen LogP contribution in [-0.4, -0.2) is 51.8 Å². The zero-order valence-electron chi connectivity index (χ0n) is 19.3. The first-order chi connectivity index (χ1) is 15.9. The van der Waals surface area contributed by atoms with E-state index < -0.39 is 24.2 Å². The Labute approximate surface area is 203 Å². The number of esters is 1. The zero-order chi connectivity index (χ0) is 23.8. The molecule has 8 nitrogen and oxygen atoms in total. The van der Waals surface area contributed by atoms with Crippen LogP contribution in [0.3, 0.4) is 0 Å². The third-order valence-electron chi connectivity index (χ3n) is 5.36. The second-order valence-electron chi connectivity index (χ2n) is 8.50. The summed E-state index contributed by atoms with van der Waals surface area (Å²) in [6.07, 6.45) is 7.18. The molecule has 0 radical (unpaired) electrons. The number of carbonyl (C=O) groups is 3. The lowest BCUT2D eigenvalue weighted by Crippen LogP contribution is -2.49. The highest BCUT2D eigenvalue weighted by atomic mass is 32.2. The van der Waals surface area contributed by atoms with Gasteiger partial charge in [-0.15, -0.1) is 23.1 Å². The van der Waals surface area contributed by atoms with Gasteiger partial charge in [0.2, 0.25) is 11.8 Å². The third kappa shape index (κ3) is 7.40. The second kappa shape index (κ2) is 12.3. The van der Waals surface area contributed by atoms with Crippen molar-refractivity contribution in [3.8, 4) is 0 Å². The number of thioether (sulfide) groups is 1. The van der Waals surface area contributed by atoms with Crippen LogP contribution in [0.4, 0.5) is 0 Å². The molecule has 0 saturated carbocycles. The summed E-state index contributed by atoms with van der Waals surface area (Å²) in [6.45, 7) is 6.13. The van der Waals surface area contributed by atoms with Gasteiger partial charge in [0.15, 0.2) is 0 Å². The average Bonchev–Trinajstić information content (AvgIpc) is 3.44. The van der Waals surface area contributed by atoms with Crippen LogP contribution in [0.2, 0.25) is 0 Å². The molecule has 3 rings (SSSR count). The number of thiazole rings is 1. The summed E-state index contributed by atoms with van der Waals surface area (Å²) < 4.78 is 5.70. The summed E-state index contributed by atoms with van der Waals surface area (Å²) >= 11 is 2.90. The number of nitrogens with one attached hydrogen (secondary N) is 2. The minimum Gasteiger partial charge on any atom is -0.456 e. The molecule has 2 aliphatic rings. The number of ether oxygens (including phenoxy) is 1. The monoisotopic (exact) mass is 492 g/mol. The fraction of sp³-hybridized carbons (Fsp3) is 0.609. The van der Waals surface area contributed by atoms with Gasteiger partial charge in [-0.25, -0.2) is 9.78 Å². The van der Waals surface area contributed by atoms with Crippen molar-refractivity contribution >= 4 is 45.9 Å². The molecule has 1 unspecified atom stereocenters. The smallest absolute Gasteiger partial charge is 0.329 e. The normalized spacial score (nSPS) is 24.5. The molecule has 1 aromatic rings. The molecular formula is C23H32N4O4S2. The first-order valence-electron chi connectivity index (χ1n) is 11.5.